The van der Waals surface area contributed by atoms with Crippen molar-refractivity contribution in [3.63, 3.8) is 0 Å². The van der Waals surface area contributed by atoms with Crippen molar-refractivity contribution in [3.8, 4) is 5.75 Å². The van der Waals surface area contributed by atoms with Crippen LogP contribution in [0.3, 0.4) is 0 Å². The van der Waals surface area contributed by atoms with Gasteiger partial charge in [-0.05, 0) is 56.7 Å². The topological polar surface area (TPSA) is 49.7 Å². The minimum absolute atomic E-state index is 0.0479. The summed E-state index contributed by atoms with van der Waals surface area (Å²) >= 11 is 0. The first-order valence-corrected chi connectivity index (χ1v) is 6.77. The van der Waals surface area contributed by atoms with Gasteiger partial charge in [0.25, 0.3) is 0 Å². The molecule has 1 aromatic carbocycles. The van der Waals surface area contributed by atoms with Crippen LogP contribution in [0.2, 0.25) is 0 Å². The van der Waals surface area contributed by atoms with Crippen molar-refractivity contribution in [1.82, 2.24) is 0 Å². The zero-order valence-electron chi connectivity index (χ0n) is 10.9. The van der Waals surface area contributed by atoms with Crippen LogP contribution in [0, 0.1) is 0 Å². The van der Waals surface area contributed by atoms with Crippen molar-refractivity contribution in [2.45, 2.75) is 57.3 Å². The number of aliphatic hydroxyl groups excluding tert-OH is 2. The first-order valence-electron chi connectivity index (χ1n) is 6.77. The summed E-state index contributed by atoms with van der Waals surface area (Å²) in [6.07, 6.45) is 3.86. The molecular formula is C15H22O3. The fraction of sp³-hybridized carbons (Fsp3) is 0.600. The minimum atomic E-state index is -0.320. The Balaban J connectivity index is 1.87. The number of ether oxygens (including phenoxy) is 1. The van der Waals surface area contributed by atoms with Gasteiger partial charge in [-0.25, -0.2) is 0 Å². The maximum absolute atomic E-state index is 9.70. The number of aliphatic hydroxyl groups is 2. The first-order chi connectivity index (χ1) is 8.65. The normalized spacial score (nSPS) is 25.1. The van der Waals surface area contributed by atoms with Crippen molar-refractivity contribution < 1.29 is 14.9 Å². The third kappa shape index (κ3) is 3.72. The van der Waals surface area contributed by atoms with Gasteiger partial charge >= 0.3 is 0 Å². The van der Waals surface area contributed by atoms with Crippen LogP contribution in [-0.2, 0) is 6.42 Å². The zero-order valence-corrected chi connectivity index (χ0v) is 10.9. The van der Waals surface area contributed by atoms with Crippen LogP contribution in [0.5, 0.6) is 5.75 Å². The SMILES string of the molecule is CC(O)CCc1ccc(OC2CCCC2O)cc1. The monoisotopic (exact) mass is 250 g/mol. The summed E-state index contributed by atoms with van der Waals surface area (Å²) in [6.45, 7) is 1.80. The molecule has 0 aromatic heterocycles. The van der Waals surface area contributed by atoms with Gasteiger partial charge < -0.3 is 14.9 Å². The van der Waals surface area contributed by atoms with Gasteiger partial charge in [0.05, 0.1) is 12.2 Å². The van der Waals surface area contributed by atoms with E-state index in [1.54, 1.807) is 6.92 Å². The predicted octanol–water partition coefficient (Wildman–Crippen LogP) is 2.29. The van der Waals surface area contributed by atoms with Gasteiger partial charge in [0, 0.05) is 0 Å². The van der Waals surface area contributed by atoms with E-state index in [1.165, 1.54) is 5.56 Å². The Morgan fingerprint density at radius 2 is 2.00 bits per heavy atom. The van der Waals surface area contributed by atoms with E-state index in [9.17, 15) is 10.2 Å². The van der Waals surface area contributed by atoms with Crippen LogP contribution in [0.4, 0.5) is 0 Å². The molecule has 0 saturated heterocycles. The van der Waals surface area contributed by atoms with Gasteiger partial charge in [0.1, 0.15) is 11.9 Å². The van der Waals surface area contributed by atoms with E-state index in [0.717, 1.165) is 37.9 Å². The highest BCUT2D eigenvalue weighted by atomic mass is 16.5. The van der Waals surface area contributed by atoms with Crippen molar-refractivity contribution in [2.75, 3.05) is 0 Å². The lowest BCUT2D eigenvalue weighted by Gasteiger charge is -2.17. The molecule has 2 rings (SSSR count). The van der Waals surface area contributed by atoms with E-state index in [1.807, 2.05) is 24.3 Å². The molecule has 1 saturated carbocycles. The van der Waals surface area contributed by atoms with E-state index in [2.05, 4.69) is 0 Å². The van der Waals surface area contributed by atoms with Gasteiger partial charge in [-0.3, -0.25) is 0 Å². The summed E-state index contributed by atoms with van der Waals surface area (Å²) in [7, 11) is 0. The molecule has 0 amide bonds. The van der Waals surface area contributed by atoms with Crippen LogP contribution >= 0.6 is 0 Å². The third-order valence-electron chi connectivity index (χ3n) is 3.48. The number of aryl methyl sites for hydroxylation is 1. The minimum Gasteiger partial charge on any atom is -0.488 e. The Kier molecular flexibility index (Phi) is 4.61. The first kappa shape index (κ1) is 13.4. The summed E-state index contributed by atoms with van der Waals surface area (Å²) in [5, 5.41) is 18.9. The molecule has 3 atom stereocenters. The highest BCUT2D eigenvalue weighted by Crippen LogP contribution is 2.25. The van der Waals surface area contributed by atoms with Crippen LogP contribution in [0.15, 0.2) is 24.3 Å². The maximum atomic E-state index is 9.70. The summed E-state index contributed by atoms with van der Waals surface area (Å²) in [6, 6.07) is 7.95. The summed E-state index contributed by atoms with van der Waals surface area (Å²) in [5.41, 5.74) is 1.20. The molecule has 100 valence electrons. The standard InChI is InChI=1S/C15H22O3/c1-11(16)5-6-12-7-9-13(10-8-12)18-15-4-2-3-14(15)17/h7-11,14-17H,2-6H2,1H3. The molecule has 3 nitrogen and oxygen atoms in total. The number of hydrogen-bond acceptors (Lipinski definition) is 3. The van der Waals surface area contributed by atoms with Gasteiger partial charge in [-0.1, -0.05) is 12.1 Å². The van der Waals surface area contributed by atoms with E-state index in [0.29, 0.717) is 0 Å². The lowest BCUT2D eigenvalue weighted by atomic mass is 10.1. The van der Waals surface area contributed by atoms with Gasteiger partial charge in [0.15, 0.2) is 0 Å². The second-order valence-corrected chi connectivity index (χ2v) is 5.19. The Labute approximate surface area is 108 Å². The molecule has 2 N–H and O–H groups in total. The maximum Gasteiger partial charge on any atom is 0.124 e. The highest BCUT2D eigenvalue weighted by Gasteiger charge is 2.26. The highest BCUT2D eigenvalue weighted by molar-refractivity contribution is 5.27. The van der Waals surface area contributed by atoms with Gasteiger partial charge in [-0.15, -0.1) is 0 Å². The van der Waals surface area contributed by atoms with Gasteiger partial charge in [0.2, 0.25) is 0 Å². The van der Waals surface area contributed by atoms with Crippen molar-refractivity contribution >= 4 is 0 Å². The predicted molar refractivity (Wildman–Crippen MR) is 70.7 cm³/mol. The fourth-order valence-electron chi connectivity index (χ4n) is 2.33. The molecule has 0 bridgehead atoms. The molecule has 1 fully saturated rings. The molecule has 0 aliphatic heterocycles. The Morgan fingerprint density at radius 3 is 2.56 bits per heavy atom. The lowest BCUT2D eigenvalue weighted by molar-refractivity contribution is 0.0604. The zero-order chi connectivity index (χ0) is 13.0. The van der Waals surface area contributed by atoms with Crippen LogP contribution in [0.25, 0.3) is 0 Å². The fourth-order valence-corrected chi connectivity index (χ4v) is 2.33. The molecule has 1 aliphatic carbocycles. The van der Waals surface area contributed by atoms with E-state index in [-0.39, 0.29) is 18.3 Å². The Hall–Kier alpha value is -1.06. The largest absolute Gasteiger partial charge is 0.488 e. The molecular weight excluding hydrogens is 228 g/mol. The Morgan fingerprint density at radius 1 is 1.28 bits per heavy atom. The molecule has 1 aromatic rings. The quantitative estimate of drug-likeness (QED) is 0.843. The van der Waals surface area contributed by atoms with Crippen molar-refractivity contribution in [3.05, 3.63) is 29.8 Å². The summed E-state index contributed by atoms with van der Waals surface area (Å²) in [4.78, 5) is 0. The number of hydrogen-bond donors (Lipinski definition) is 2. The summed E-state index contributed by atoms with van der Waals surface area (Å²) < 4.78 is 5.77. The van der Waals surface area contributed by atoms with E-state index in [4.69, 9.17) is 4.74 Å². The summed E-state index contributed by atoms with van der Waals surface area (Å²) in [5.74, 6) is 0.821. The average Bonchev–Trinajstić information content (AvgIpc) is 2.74. The van der Waals surface area contributed by atoms with E-state index < -0.39 is 0 Å². The van der Waals surface area contributed by atoms with Crippen molar-refractivity contribution in [2.24, 2.45) is 0 Å². The second-order valence-electron chi connectivity index (χ2n) is 5.19. The lowest BCUT2D eigenvalue weighted by Crippen LogP contribution is -2.25. The Bertz CT molecular complexity index is 359. The molecule has 1 aliphatic rings. The molecule has 0 radical (unpaired) electrons. The van der Waals surface area contributed by atoms with Crippen LogP contribution in [0.1, 0.15) is 38.2 Å². The van der Waals surface area contributed by atoms with Gasteiger partial charge in [-0.2, -0.15) is 0 Å². The average molecular weight is 250 g/mol. The third-order valence-corrected chi connectivity index (χ3v) is 3.48. The number of rotatable bonds is 5. The molecule has 0 heterocycles. The molecule has 3 heteroatoms. The molecule has 18 heavy (non-hydrogen) atoms. The molecule has 0 spiro atoms. The second kappa shape index (κ2) is 6.21. The van der Waals surface area contributed by atoms with Crippen molar-refractivity contribution in [1.29, 1.82) is 0 Å². The molecule has 3 unspecified atom stereocenters. The van der Waals surface area contributed by atoms with Crippen LogP contribution in [-0.4, -0.2) is 28.5 Å². The van der Waals surface area contributed by atoms with Crippen LogP contribution < -0.4 is 4.74 Å². The smallest absolute Gasteiger partial charge is 0.124 e. The van der Waals surface area contributed by atoms with E-state index >= 15 is 0 Å². The number of benzene rings is 1.